The van der Waals surface area contributed by atoms with Gasteiger partial charge in [0, 0.05) is 10.6 Å². The Labute approximate surface area is 117 Å². The molecule has 2 aromatic rings. The summed E-state index contributed by atoms with van der Waals surface area (Å²) >= 11 is 6.09. The predicted molar refractivity (Wildman–Crippen MR) is 75.5 cm³/mol. The average Bonchev–Trinajstić information content (AvgIpc) is 2.45. The molecule has 1 atom stereocenters. The van der Waals surface area contributed by atoms with Crippen LogP contribution in [0.25, 0.3) is 11.1 Å². The molecule has 0 spiro atoms. The number of nitrogens with zero attached hydrogens (tertiary/aromatic N) is 1. The van der Waals surface area contributed by atoms with E-state index in [0.717, 1.165) is 28.0 Å². The number of halogens is 1. The molecule has 0 bridgehead atoms. The maximum absolute atomic E-state index is 9.37. The van der Waals surface area contributed by atoms with Crippen LogP contribution >= 0.6 is 11.6 Å². The lowest BCUT2D eigenvalue weighted by Gasteiger charge is -2.25. The Morgan fingerprint density at radius 3 is 2.84 bits per heavy atom. The molecule has 0 aliphatic heterocycles. The summed E-state index contributed by atoms with van der Waals surface area (Å²) in [5, 5.41) is 10.1. The van der Waals surface area contributed by atoms with Crippen LogP contribution in [0.4, 0.5) is 0 Å². The molecule has 19 heavy (non-hydrogen) atoms. The highest BCUT2D eigenvalue weighted by Crippen LogP contribution is 2.43. The minimum atomic E-state index is -0.143. The first kappa shape index (κ1) is 12.1. The van der Waals surface area contributed by atoms with Crippen molar-refractivity contribution >= 4 is 11.6 Å². The maximum Gasteiger partial charge on any atom is 0.122 e. The summed E-state index contributed by atoms with van der Waals surface area (Å²) in [6.45, 7) is 0. The van der Waals surface area contributed by atoms with Gasteiger partial charge in [0.2, 0.25) is 0 Å². The summed E-state index contributed by atoms with van der Waals surface area (Å²) in [7, 11) is 1.66. The van der Waals surface area contributed by atoms with Gasteiger partial charge in [-0.1, -0.05) is 29.8 Å². The Morgan fingerprint density at radius 2 is 2.11 bits per heavy atom. The van der Waals surface area contributed by atoms with Crippen molar-refractivity contribution in [2.24, 2.45) is 0 Å². The van der Waals surface area contributed by atoms with Crippen LogP contribution in [0.2, 0.25) is 5.02 Å². The van der Waals surface area contributed by atoms with Crippen molar-refractivity contribution in [2.75, 3.05) is 7.11 Å². The summed E-state index contributed by atoms with van der Waals surface area (Å²) in [4.78, 5) is 0. The molecule has 94 valence electrons. The number of fused-ring (bicyclic) bond motifs is 3. The quantitative estimate of drug-likeness (QED) is 0.778. The van der Waals surface area contributed by atoms with E-state index in [1.54, 1.807) is 7.11 Å². The minimum Gasteiger partial charge on any atom is -0.496 e. The first-order chi connectivity index (χ1) is 9.24. The SMILES string of the molecule is COc1cccc2c1CC(C#N)c1ccc(Cl)cc1-2. The molecule has 0 fully saturated rings. The molecule has 1 aliphatic carbocycles. The Balaban J connectivity index is 2.30. The van der Waals surface area contributed by atoms with Gasteiger partial charge in [0.25, 0.3) is 0 Å². The first-order valence-corrected chi connectivity index (χ1v) is 6.47. The number of ether oxygens (including phenoxy) is 1. The van der Waals surface area contributed by atoms with Crippen LogP contribution in [0.5, 0.6) is 5.75 Å². The van der Waals surface area contributed by atoms with Gasteiger partial charge in [-0.25, -0.2) is 0 Å². The van der Waals surface area contributed by atoms with Crippen LogP contribution in [-0.2, 0) is 6.42 Å². The highest BCUT2D eigenvalue weighted by molar-refractivity contribution is 6.31. The van der Waals surface area contributed by atoms with E-state index in [9.17, 15) is 5.26 Å². The number of benzene rings is 2. The van der Waals surface area contributed by atoms with Gasteiger partial charge in [-0.15, -0.1) is 0 Å². The van der Waals surface area contributed by atoms with E-state index in [2.05, 4.69) is 12.1 Å². The predicted octanol–water partition coefficient (Wildman–Crippen LogP) is 4.18. The molecule has 3 heteroatoms. The number of methoxy groups -OCH3 is 1. The van der Waals surface area contributed by atoms with Gasteiger partial charge in [-0.05, 0) is 41.3 Å². The number of nitriles is 1. The summed E-state index contributed by atoms with van der Waals surface area (Å²) in [5.74, 6) is 0.694. The molecule has 2 aromatic carbocycles. The fourth-order valence-electron chi connectivity index (χ4n) is 2.71. The molecular formula is C16H12ClNO. The van der Waals surface area contributed by atoms with Crippen molar-refractivity contribution in [3.8, 4) is 22.9 Å². The largest absolute Gasteiger partial charge is 0.496 e. The second-order valence-electron chi connectivity index (χ2n) is 4.60. The smallest absolute Gasteiger partial charge is 0.122 e. The monoisotopic (exact) mass is 269 g/mol. The van der Waals surface area contributed by atoms with E-state index in [1.165, 1.54) is 0 Å². The lowest BCUT2D eigenvalue weighted by molar-refractivity contribution is 0.409. The van der Waals surface area contributed by atoms with Crippen molar-refractivity contribution in [3.05, 3.63) is 52.5 Å². The van der Waals surface area contributed by atoms with E-state index in [-0.39, 0.29) is 5.92 Å². The third kappa shape index (κ3) is 1.87. The van der Waals surface area contributed by atoms with Crippen molar-refractivity contribution in [3.63, 3.8) is 0 Å². The first-order valence-electron chi connectivity index (χ1n) is 6.10. The summed E-state index contributed by atoms with van der Waals surface area (Å²) in [6, 6.07) is 14.1. The molecule has 2 nitrogen and oxygen atoms in total. The molecule has 0 saturated carbocycles. The molecule has 0 amide bonds. The molecule has 1 aliphatic rings. The third-order valence-electron chi connectivity index (χ3n) is 3.60. The van der Waals surface area contributed by atoms with E-state index in [4.69, 9.17) is 16.3 Å². The molecule has 0 saturated heterocycles. The highest BCUT2D eigenvalue weighted by Gasteiger charge is 2.26. The molecule has 0 aromatic heterocycles. The lowest BCUT2D eigenvalue weighted by Crippen LogP contribution is -2.11. The molecule has 0 heterocycles. The van der Waals surface area contributed by atoms with Crippen LogP contribution in [0.3, 0.4) is 0 Å². The zero-order valence-corrected chi connectivity index (χ0v) is 11.2. The summed E-state index contributed by atoms with van der Waals surface area (Å²) in [6.07, 6.45) is 0.685. The van der Waals surface area contributed by atoms with E-state index >= 15 is 0 Å². The van der Waals surface area contributed by atoms with E-state index in [1.807, 2.05) is 30.3 Å². The van der Waals surface area contributed by atoms with Crippen LogP contribution in [0.15, 0.2) is 36.4 Å². The van der Waals surface area contributed by atoms with Gasteiger partial charge in [0.1, 0.15) is 5.75 Å². The fourth-order valence-corrected chi connectivity index (χ4v) is 2.89. The Kier molecular flexibility index (Phi) is 2.93. The molecule has 1 unspecified atom stereocenters. The Hall–Kier alpha value is -1.98. The van der Waals surface area contributed by atoms with Crippen molar-refractivity contribution in [2.45, 2.75) is 12.3 Å². The van der Waals surface area contributed by atoms with Crippen molar-refractivity contribution in [1.29, 1.82) is 5.26 Å². The number of hydrogen-bond acceptors (Lipinski definition) is 2. The van der Waals surface area contributed by atoms with Crippen molar-refractivity contribution in [1.82, 2.24) is 0 Å². The van der Waals surface area contributed by atoms with Gasteiger partial charge in [-0.2, -0.15) is 5.26 Å². The zero-order valence-electron chi connectivity index (χ0n) is 10.5. The topological polar surface area (TPSA) is 33.0 Å². The minimum absolute atomic E-state index is 0.143. The average molecular weight is 270 g/mol. The van der Waals surface area contributed by atoms with Crippen LogP contribution < -0.4 is 4.74 Å². The Bertz CT molecular complexity index is 688. The molecule has 3 rings (SSSR count). The Morgan fingerprint density at radius 1 is 1.26 bits per heavy atom. The molecule has 0 N–H and O–H groups in total. The number of hydrogen-bond donors (Lipinski definition) is 0. The summed E-state index contributed by atoms with van der Waals surface area (Å²) in [5.41, 5.74) is 4.29. The zero-order chi connectivity index (χ0) is 13.4. The van der Waals surface area contributed by atoms with Crippen molar-refractivity contribution < 1.29 is 4.74 Å². The van der Waals surface area contributed by atoms with E-state index < -0.39 is 0 Å². The maximum atomic E-state index is 9.37. The van der Waals surface area contributed by atoms with Gasteiger partial charge in [0.05, 0.1) is 19.1 Å². The van der Waals surface area contributed by atoms with Crippen LogP contribution in [0, 0.1) is 11.3 Å². The van der Waals surface area contributed by atoms with Gasteiger partial charge in [0.15, 0.2) is 0 Å². The molecule has 0 radical (unpaired) electrons. The van der Waals surface area contributed by atoms with Gasteiger partial charge < -0.3 is 4.74 Å². The lowest BCUT2D eigenvalue weighted by atomic mass is 9.79. The summed E-state index contributed by atoms with van der Waals surface area (Å²) < 4.78 is 5.41. The third-order valence-corrected chi connectivity index (χ3v) is 3.83. The standard InChI is InChI=1S/C16H12ClNO/c1-19-16-4-2-3-13-14-8-11(17)5-6-12(14)10(9-18)7-15(13)16/h2-6,8,10H,7H2,1H3. The fraction of sp³-hybridized carbons (Fsp3) is 0.188. The normalized spacial score (nSPS) is 16.2. The van der Waals surface area contributed by atoms with E-state index in [0.29, 0.717) is 11.4 Å². The van der Waals surface area contributed by atoms with Gasteiger partial charge in [-0.3, -0.25) is 0 Å². The van der Waals surface area contributed by atoms with Crippen LogP contribution in [-0.4, -0.2) is 7.11 Å². The second-order valence-corrected chi connectivity index (χ2v) is 5.04. The number of rotatable bonds is 1. The highest BCUT2D eigenvalue weighted by atomic mass is 35.5. The van der Waals surface area contributed by atoms with Crippen LogP contribution in [0.1, 0.15) is 17.0 Å². The van der Waals surface area contributed by atoms with Gasteiger partial charge >= 0.3 is 0 Å². The molecular weight excluding hydrogens is 258 g/mol. The second kappa shape index (κ2) is 4.60.